The summed E-state index contributed by atoms with van der Waals surface area (Å²) in [6, 6.07) is 9.57. The van der Waals surface area contributed by atoms with Gasteiger partial charge in [-0.2, -0.15) is 0 Å². The van der Waals surface area contributed by atoms with E-state index in [1.807, 2.05) is 18.3 Å². The van der Waals surface area contributed by atoms with Crippen LogP contribution in [-0.4, -0.2) is 43.5 Å². The molecule has 1 aliphatic carbocycles. The van der Waals surface area contributed by atoms with Crippen LogP contribution >= 0.6 is 15.9 Å². The van der Waals surface area contributed by atoms with E-state index in [1.54, 1.807) is 10.9 Å². The smallest absolute Gasteiger partial charge is 0.335 e. The second-order valence-electron chi connectivity index (χ2n) is 6.73. The number of aromatic carboxylic acids is 1. The Morgan fingerprint density at radius 3 is 2.46 bits per heavy atom. The summed E-state index contributed by atoms with van der Waals surface area (Å²) in [5.41, 5.74) is 1.17. The van der Waals surface area contributed by atoms with Crippen molar-refractivity contribution in [1.29, 1.82) is 0 Å². The van der Waals surface area contributed by atoms with Crippen LogP contribution in [0.15, 0.2) is 53.3 Å². The van der Waals surface area contributed by atoms with Crippen molar-refractivity contribution < 1.29 is 14.7 Å². The molecule has 0 radical (unpaired) electrons. The number of benzene rings is 1. The Bertz CT molecular complexity index is 1030. The molecular weight excluding hydrogens is 426 g/mol. The van der Waals surface area contributed by atoms with Crippen LogP contribution in [0.4, 0.5) is 0 Å². The van der Waals surface area contributed by atoms with Crippen molar-refractivity contribution in [2.45, 2.75) is 18.3 Å². The van der Waals surface area contributed by atoms with Crippen LogP contribution in [0.3, 0.4) is 0 Å². The summed E-state index contributed by atoms with van der Waals surface area (Å²) in [6.45, 7) is 0.443. The number of carbonyl (C=O) groups excluding carboxylic acids is 1. The quantitative estimate of drug-likeness (QED) is 0.608. The lowest BCUT2D eigenvalue weighted by Crippen LogP contribution is -2.32. The Morgan fingerprint density at radius 1 is 1.14 bits per heavy atom. The van der Waals surface area contributed by atoms with E-state index in [0.717, 1.165) is 23.0 Å². The highest BCUT2D eigenvalue weighted by atomic mass is 79.9. The molecule has 28 heavy (non-hydrogen) atoms. The van der Waals surface area contributed by atoms with Crippen LogP contribution in [0.2, 0.25) is 0 Å². The first kappa shape index (κ1) is 18.3. The van der Waals surface area contributed by atoms with Crippen LogP contribution in [0.5, 0.6) is 0 Å². The van der Waals surface area contributed by atoms with Crippen LogP contribution in [0.25, 0.3) is 5.82 Å². The van der Waals surface area contributed by atoms with Crippen molar-refractivity contribution in [3.63, 3.8) is 0 Å². The SMILES string of the molecule is O=C(O)c1ccc(C(=O)NCC2(c3cn(-c4ccc(Br)cn4)nn3)CC2)cc1. The van der Waals surface area contributed by atoms with Crippen molar-refractivity contribution in [2.75, 3.05) is 6.54 Å². The first-order valence-corrected chi connectivity index (χ1v) is 9.42. The van der Waals surface area contributed by atoms with Crippen LogP contribution in [0.1, 0.15) is 39.3 Å². The second-order valence-corrected chi connectivity index (χ2v) is 7.64. The molecule has 0 aliphatic heterocycles. The number of amides is 1. The largest absolute Gasteiger partial charge is 0.478 e. The molecule has 0 unspecified atom stereocenters. The molecule has 0 spiro atoms. The minimum atomic E-state index is -1.02. The molecule has 1 saturated carbocycles. The van der Waals surface area contributed by atoms with E-state index in [2.05, 4.69) is 36.5 Å². The lowest BCUT2D eigenvalue weighted by molar-refractivity contribution is 0.0696. The Balaban J connectivity index is 1.43. The summed E-state index contributed by atoms with van der Waals surface area (Å²) in [5, 5.41) is 20.3. The number of nitrogens with zero attached hydrogens (tertiary/aromatic N) is 4. The van der Waals surface area contributed by atoms with Gasteiger partial charge in [-0.3, -0.25) is 4.79 Å². The number of carboxylic acids is 1. The second kappa shape index (κ2) is 7.16. The van der Waals surface area contributed by atoms with Gasteiger partial charge >= 0.3 is 5.97 Å². The van der Waals surface area contributed by atoms with Crippen LogP contribution in [0, 0.1) is 0 Å². The zero-order valence-corrected chi connectivity index (χ0v) is 16.3. The normalized spacial score (nSPS) is 14.5. The third kappa shape index (κ3) is 3.65. The molecule has 9 heteroatoms. The number of halogens is 1. The number of carboxylic acid groups (broad SMARTS) is 1. The number of hydrogen-bond acceptors (Lipinski definition) is 5. The number of rotatable bonds is 6. The predicted octanol–water partition coefficient (Wildman–Crippen LogP) is 2.58. The van der Waals surface area contributed by atoms with Crippen molar-refractivity contribution in [1.82, 2.24) is 25.3 Å². The summed E-state index contributed by atoms with van der Waals surface area (Å²) in [5.74, 6) is -0.599. The Hall–Kier alpha value is -3.07. The minimum Gasteiger partial charge on any atom is -0.478 e. The molecule has 1 fully saturated rings. The average molecular weight is 442 g/mol. The van der Waals surface area contributed by atoms with Gasteiger partial charge in [-0.1, -0.05) is 5.21 Å². The molecule has 0 atom stereocenters. The molecule has 3 aromatic rings. The molecular formula is C19H16BrN5O3. The summed E-state index contributed by atoms with van der Waals surface area (Å²) < 4.78 is 2.50. The zero-order chi connectivity index (χ0) is 19.7. The van der Waals surface area contributed by atoms with E-state index in [0.29, 0.717) is 17.9 Å². The molecule has 2 heterocycles. The van der Waals surface area contributed by atoms with Gasteiger partial charge in [0.05, 0.1) is 17.5 Å². The van der Waals surface area contributed by atoms with Gasteiger partial charge in [-0.15, -0.1) is 5.10 Å². The lowest BCUT2D eigenvalue weighted by atomic mass is 10.0. The highest BCUT2D eigenvalue weighted by Gasteiger charge is 2.47. The first-order valence-electron chi connectivity index (χ1n) is 8.63. The van der Waals surface area contributed by atoms with Gasteiger partial charge in [0, 0.05) is 28.2 Å². The van der Waals surface area contributed by atoms with Crippen molar-refractivity contribution in [3.05, 3.63) is 70.1 Å². The predicted molar refractivity (Wildman–Crippen MR) is 104 cm³/mol. The molecule has 2 aromatic heterocycles. The average Bonchev–Trinajstić information content (AvgIpc) is 3.33. The highest BCUT2D eigenvalue weighted by molar-refractivity contribution is 9.10. The van der Waals surface area contributed by atoms with E-state index in [1.165, 1.54) is 24.3 Å². The van der Waals surface area contributed by atoms with Gasteiger partial charge in [-0.05, 0) is 65.2 Å². The summed E-state index contributed by atoms with van der Waals surface area (Å²) >= 11 is 3.35. The van der Waals surface area contributed by atoms with E-state index in [9.17, 15) is 9.59 Å². The maximum absolute atomic E-state index is 12.4. The molecule has 142 valence electrons. The van der Waals surface area contributed by atoms with E-state index in [-0.39, 0.29) is 16.9 Å². The molecule has 1 aromatic carbocycles. The fourth-order valence-electron chi connectivity index (χ4n) is 2.91. The molecule has 0 bridgehead atoms. The number of nitrogens with one attached hydrogen (secondary N) is 1. The van der Waals surface area contributed by atoms with Crippen LogP contribution in [-0.2, 0) is 5.41 Å². The van der Waals surface area contributed by atoms with Gasteiger partial charge < -0.3 is 10.4 Å². The van der Waals surface area contributed by atoms with E-state index < -0.39 is 5.97 Å². The molecule has 1 amide bonds. The van der Waals surface area contributed by atoms with Gasteiger partial charge in [0.25, 0.3) is 5.91 Å². The fourth-order valence-corrected chi connectivity index (χ4v) is 3.15. The lowest BCUT2D eigenvalue weighted by Gasteiger charge is -2.13. The summed E-state index contributed by atoms with van der Waals surface area (Å²) in [6.07, 6.45) is 5.37. The monoisotopic (exact) mass is 441 g/mol. The van der Waals surface area contributed by atoms with E-state index in [4.69, 9.17) is 5.11 Å². The van der Waals surface area contributed by atoms with Gasteiger partial charge in [0.1, 0.15) is 0 Å². The Kier molecular flexibility index (Phi) is 4.68. The van der Waals surface area contributed by atoms with Gasteiger partial charge in [-0.25, -0.2) is 14.5 Å². The van der Waals surface area contributed by atoms with Gasteiger partial charge in [0.15, 0.2) is 5.82 Å². The van der Waals surface area contributed by atoms with Crippen LogP contribution < -0.4 is 5.32 Å². The molecule has 8 nitrogen and oxygen atoms in total. The standard InChI is InChI=1S/C19H16BrN5O3/c20-14-5-6-16(21-9-14)25-10-15(23-24-25)19(7-8-19)11-22-17(26)12-1-3-13(4-2-12)18(27)28/h1-6,9-10H,7-8,11H2,(H,22,26)(H,27,28). The third-order valence-corrected chi connectivity index (χ3v) is 5.29. The highest BCUT2D eigenvalue weighted by Crippen LogP contribution is 2.46. The Labute approximate surface area is 168 Å². The molecule has 4 rings (SSSR count). The first-order chi connectivity index (χ1) is 13.5. The number of carbonyl (C=O) groups is 2. The molecule has 0 saturated heterocycles. The Morgan fingerprint density at radius 2 is 1.86 bits per heavy atom. The fraction of sp³-hybridized carbons (Fsp3) is 0.211. The van der Waals surface area contributed by atoms with Crippen molar-refractivity contribution in [3.8, 4) is 5.82 Å². The number of aromatic nitrogens is 4. The van der Waals surface area contributed by atoms with Crippen molar-refractivity contribution in [2.24, 2.45) is 0 Å². The van der Waals surface area contributed by atoms with Gasteiger partial charge in [0.2, 0.25) is 0 Å². The van der Waals surface area contributed by atoms with E-state index >= 15 is 0 Å². The maximum Gasteiger partial charge on any atom is 0.335 e. The molecule has 1 aliphatic rings. The number of hydrogen-bond donors (Lipinski definition) is 2. The third-order valence-electron chi connectivity index (χ3n) is 4.82. The zero-order valence-electron chi connectivity index (χ0n) is 14.7. The number of pyridine rings is 1. The minimum absolute atomic E-state index is 0.147. The summed E-state index contributed by atoms with van der Waals surface area (Å²) in [4.78, 5) is 27.6. The maximum atomic E-state index is 12.4. The van der Waals surface area contributed by atoms with Crippen molar-refractivity contribution >= 4 is 27.8 Å². The topological polar surface area (TPSA) is 110 Å². The summed E-state index contributed by atoms with van der Waals surface area (Å²) in [7, 11) is 0. The molecule has 2 N–H and O–H groups in total.